The number of terminal acetylenes is 1. The molecule has 0 radical (unpaired) electrons. The Hall–Kier alpha value is -2.58. The van der Waals surface area contributed by atoms with Crippen molar-refractivity contribution in [2.24, 2.45) is 0 Å². The fraction of sp³-hybridized carbons (Fsp3) is 0.368. The van der Waals surface area contributed by atoms with E-state index < -0.39 is 11.6 Å². The van der Waals surface area contributed by atoms with Crippen molar-refractivity contribution in [3.8, 4) is 12.3 Å². The molecule has 1 aliphatic rings. The highest BCUT2D eigenvalue weighted by Gasteiger charge is 2.36. The summed E-state index contributed by atoms with van der Waals surface area (Å²) in [5.74, 6) is 2.19. The smallest absolute Gasteiger partial charge is 0.358 e. The van der Waals surface area contributed by atoms with Gasteiger partial charge in [-0.05, 0) is 12.5 Å². The van der Waals surface area contributed by atoms with Crippen molar-refractivity contribution in [3.05, 3.63) is 54.1 Å². The molecule has 5 heteroatoms. The molecule has 1 unspecified atom stereocenters. The Balaban J connectivity index is 1.82. The molecule has 0 N–H and O–H groups in total. The number of benzene rings is 1. The maximum atomic E-state index is 12.7. The maximum Gasteiger partial charge on any atom is 0.358 e. The Morgan fingerprint density at radius 2 is 2.08 bits per heavy atom. The minimum atomic E-state index is -0.888. The standard InChI is InChI=1S/C19H20N2O3/c1-3-19(9-11-23-12-10-19)24-18(22)17-13-20-14-21(17)15(2)16-7-5-4-6-8-16/h1,4-8,13-15H,9-12H2,2H3. The molecule has 2 aromatic rings. The third-order valence-corrected chi connectivity index (χ3v) is 4.43. The normalized spacial score (nSPS) is 17.7. The molecule has 5 nitrogen and oxygen atoms in total. The molecule has 2 heterocycles. The molecule has 1 atom stereocenters. The van der Waals surface area contributed by atoms with Crippen molar-refractivity contribution in [2.45, 2.75) is 31.4 Å². The van der Waals surface area contributed by atoms with Crippen molar-refractivity contribution in [1.82, 2.24) is 9.55 Å². The third-order valence-electron chi connectivity index (χ3n) is 4.43. The highest BCUT2D eigenvalue weighted by atomic mass is 16.6. The van der Waals surface area contributed by atoms with Gasteiger partial charge in [0.1, 0.15) is 5.69 Å². The lowest BCUT2D eigenvalue weighted by Crippen LogP contribution is -2.40. The highest BCUT2D eigenvalue weighted by molar-refractivity contribution is 5.88. The van der Waals surface area contributed by atoms with Gasteiger partial charge in [-0.25, -0.2) is 9.78 Å². The molecule has 0 bridgehead atoms. The number of carbonyl (C=O) groups is 1. The number of hydrogen-bond donors (Lipinski definition) is 0. The fourth-order valence-corrected chi connectivity index (χ4v) is 2.87. The first-order valence-electron chi connectivity index (χ1n) is 8.01. The molecule has 3 rings (SSSR count). The molecule has 0 amide bonds. The highest BCUT2D eigenvalue weighted by Crippen LogP contribution is 2.27. The zero-order chi connectivity index (χ0) is 17.0. The van der Waals surface area contributed by atoms with E-state index in [9.17, 15) is 4.79 Å². The van der Waals surface area contributed by atoms with Crippen molar-refractivity contribution in [2.75, 3.05) is 13.2 Å². The Bertz CT molecular complexity index is 739. The molecular formula is C19H20N2O3. The first kappa shape index (κ1) is 16.3. The Labute approximate surface area is 141 Å². The van der Waals surface area contributed by atoms with Gasteiger partial charge in [0.25, 0.3) is 0 Å². The van der Waals surface area contributed by atoms with E-state index in [-0.39, 0.29) is 6.04 Å². The van der Waals surface area contributed by atoms with E-state index in [1.807, 2.05) is 37.3 Å². The second kappa shape index (κ2) is 6.90. The summed E-state index contributed by atoms with van der Waals surface area (Å²) in [4.78, 5) is 16.8. The summed E-state index contributed by atoms with van der Waals surface area (Å²) in [7, 11) is 0. The third kappa shape index (κ3) is 3.19. The van der Waals surface area contributed by atoms with Crippen LogP contribution in [0.4, 0.5) is 0 Å². The molecule has 1 aliphatic heterocycles. The van der Waals surface area contributed by atoms with Crippen LogP contribution in [0.5, 0.6) is 0 Å². The van der Waals surface area contributed by atoms with E-state index in [2.05, 4.69) is 10.9 Å². The van der Waals surface area contributed by atoms with E-state index in [0.717, 1.165) is 5.56 Å². The molecule has 1 fully saturated rings. The van der Waals surface area contributed by atoms with Gasteiger partial charge in [-0.2, -0.15) is 0 Å². The van der Waals surface area contributed by atoms with E-state index in [0.29, 0.717) is 31.7 Å². The quantitative estimate of drug-likeness (QED) is 0.641. The van der Waals surface area contributed by atoms with Crippen LogP contribution in [-0.4, -0.2) is 34.3 Å². The van der Waals surface area contributed by atoms with E-state index in [1.54, 1.807) is 10.9 Å². The molecule has 0 aliphatic carbocycles. The van der Waals surface area contributed by atoms with Crippen LogP contribution in [-0.2, 0) is 9.47 Å². The Morgan fingerprint density at radius 1 is 1.38 bits per heavy atom. The molecule has 1 aromatic heterocycles. The van der Waals surface area contributed by atoms with Crippen LogP contribution in [0.15, 0.2) is 42.9 Å². The maximum absolute atomic E-state index is 12.7. The van der Waals surface area contributed by atoms with Gasteiger partial charge in [-0.1, -0.05) is 36.3 Å². The first-order valence-corrected chi connectivity index (χ1v) is 8.01. The largest absolute Gasteiger partial charge is 0.441 e. The van der Waals surface area contributed by atoms with Gasteiger partial charge in [0.15, 0.2) is 5.60 Å². The molecule has 0 saturated carbocycles. The van der Waals surface area contributed by atoms with Crippen LogP contribution < -0.4 is 0 Å². The number of imidazole rings is 1. The lowest BCUT2D eigenvalue weighted by atomic mass is 9.95. The van der Waals surface area contributed by atoms with Crippen LogP contribution in [0.3, 0.4) is 0 Å². The number of rotatable bonds is 4. The number of hydrogen-bond acceptors (Lipinski definition) is 4. The van der Waals surface area contributed by atoms with E-state index in [4.69, 9.17) is 15.9 Å². The number of nitrogens with zero attached hydrogens (tertiary/aromatic N) is 2. The van der Waals surface area contributed by atoms with Gasteiger partial charge < -0.3 is 14.0 Å². The monoisotopic (exact) mass is 324 g/mol. The molecule has 24 heavy (non-hydrogen) atoms. The van der Waals surface area contributed by atoms with Gasteiger partial charge in [-0.3, -0.25) is 0 Å². The summed E-state index contributed by atoms with van der Waals surface area (Å²) >= 11 is 0. The summed E-state index contributed by atoms with van der Waals surface area (Å²) in [6.07, 6.45) is 9.81. The predicted molar refractivity (Wildman–Crippen MR) is 89.5 cm³/mol. The van der Waals surface area contributed by atoms with Crippen molar-refractivity contribution >= 4 is 5.97 Å². The van der Waals surface area contributed by atoms with E-state index >= 15 is 0 Å². The number of esters is 1. The molecule has 0 spiro atoms. The summed E-state index contributed by atoms with van der Waals surface area (Å²) in [5, 5.41) is 0. The van der Waals surface area contributed by atoms with Crippen molar-refractivity contribution in [3.63, 3.8) is 0 Å². The molecule has 1 saturated heterocycles. The summed E-state index contributed by atoms with van der Waals surface area (Å²) in [5.41, 5.74) is 0.593. The Kier molecular flexibility index (Phi) is 4.68. The second-order valence-corrected chi connectivity index (χ2v) is 5.91. The summed E-state index contributed by atoms with van der Waals surface area (Å²) in [6, 6.07) is 9.89. The Morgan fingerprint density at radius 3 is 2.75 bits per heavy atom. The van der Waals surface area contributed by atoms with Gasteiger partial charge in [0.05, 0.1) is 31.8 Å². The van der Waals surface area contributed by atoms with Crippen LogP contribution in [0.2, 0.25) is 0 Å². The van der Waals surface area contributed by atoms with Gasteiger partial charge in [0, 0.05) is 12.8 Å². The SMILES string of the molecule is C#CC1(OC(=O)c2cncn2C(C)c2ccccc2)CCOCC1. The average Bonchev–Trinajstić information content (AvgIpc) is 3.12. The van der Waals surface area contributed by atoms with Crippen LogP contribution in [0.1, 0.15) is 41.9 Å². The summed E-state index contributed by atoms with van der Waals surface area (Å²) < 4.78 is 12.8. The van der Waals surface area contributed by atoms with Crippen LogP contribution in [0, 0.1) is 12.3 Å². The lowest BCUT2D eigenvalue weighted by molar-refractivity contribution is -0.0492. The van der Waals surface area contributed by atoms with Gasteiger partial charge in [-0.15, -0.1) is 6.42 Å². The fourth-order valence-electron chi connectivity index (χ4n) is 2.87. The molecule has 124 valence electrons. The minimum Gasteiger partial charge on any atom is -0.441 e. The van der Waals surface area contributed by atoms with Crippen LogP contribution >= 0.6 is 0 Å². The van der Waals surface area contributed by atoms with Gasteiger partial charge in [0.2, 0.25) is 0 Å². The number of ether oxygens (including phenoxy) is 2. The minimum absolute atomic E-state index is 0.0345. The molecule has 1 aromatic carbocycles. The first-order chi connectivity index (χ1) is 11.7. The molecular weight excluding hydrogens is 304 g/mol. The van der Waals surface area contributed by atoms with E-state index in [1.165, 1.54) is 6.20 Å². The van der Waals surface area contributed by atoms with Crippen LogP contribution in [0.25, 0.3) is 0 Å². The summed E-state index contributed by atoms with van der Waals surface area (Å²) in [6.45, 7) is 3.01. The number of carbonyl (C=O) groups excluding carboxylic acids is 1. The topological polar surface area (TPSA) is 53.3 Å². The predicted octanol–water partition coefficient (Wildman–Crippen LogP) is 2.83. The zero-order valence-electron chi connectivity index (χ0n) is 13.6. The number of aromatic nitrogens is 2. The van der Waals surface area contributed by atoms with Crippen molar-refractivity contribution < 1.29 is 14.3 Å². The van der Waals surface area contributed by atoms with Gasteiger partial charge >= 0.3 is 5.97 Å². The lowest BCUT2D eigenvalue weighted by Gasteiger charge is -2.32. The van der Waals surface area contributed by atoms with Crippen molar-refractivity contribution in [1.29, 1.82) is 0 Å². The second-order valence-electron chi connectivity index (χ2n) is 5.91. The average molecular weight is 324 g/mol. The zero-order valence-corrected chi connectivity index (χ0v) is 13.6.